The van der Waals surface area contributed by atoms with Crippen LogP contribution in [0.4, 0.5) is 0 Å². The first-order valence-electron chi connectivity index (χ1n) is 6.74. The van der Waals surface area contributed by atoms with Crippen molar-refractivity contribution in [2.75, 3.05) is 0 Å². The van der Waals surface area contributed by atoms with Crippen LogP contribution < -0.4 is 4.72 Å². The zero-order valence-corrected chi connectivity index (χ0v) is 12.9. The van der Waals surface area contributed by atoms with Crippen molar-refractivity contribution in [1.82, 2.24) is 4.72 Å². The van der Waals surface area contributed by atoms with Gasteiger partial charge in [0.25, 0.3) is 0 Å². The zero-order valence-electron chi connectivity index (χ0n) is 12.1. The van der Waals surface area contributed by atoms with Crippen LogP contribution in [0.1, 0.15) is 11.1 Å². The molecule has 22 heavy (non-hydrogen) atoms. The van der Waals surface area contributed by atoms with Crippen molar-refractivity contribution in [3.8, 4) is 0 Å². The SMILES string of the molecule is Cc1ccc(C[C@H](NS(=O)(=O)c2ccccc2)C(=O)O)cc1. The molecule has 0 amide bonds. The van der Waals surface area contributed by atoms with Crippen molar-refractivity contribution in [3.63, 3.8) is 0 Å². The molecule has 2 aromatic rings. The lowest BCUT2D eigenvalue weighted by Crippen LogP contribution is -2.42. The van der Waals surface area contributed by atoms with E-state index in [1.807, 2.05) is 19.1 Å². The van der Waals surface area contributed by atoms with Gasteiger partial charge in [0.15, 0.2) is 0 Å². The van der Waals surface area contributed by atoms with Crippen LogP contribution in [-0.4, -0.2) is 25.5 Å². The lowest BCUT2D eigenvalue weighted by Gasteiger charge is -2.15. The summed E-state index contributed by atoms with van der Waals surface area (Å²) in [5.74, 6) is -1.21. The van der Waals surface area contributed by atoms with E-state index in [-0.39, 0.29) is 11.3 Å². The number of rotatable bonds is 6. The molecule has 0 saturated heterocycles. The van der Waals surface area contributed by atoms with Crippen molar-refractivity contribution in [2.45, 2.75) is 24.3 Å². The number of carboxylic acids is 1. The number of aliphatic carboxylic acids is 1. The molecule has 0 unspecified atom stereocenters. The van der Waals surface area contributed by atoms with E-state index < -0.39 is 22.0 Å². The van der Waals surface area contributed by atoms with Crippen LogP contribution in [0.3, 0.4) is 0 Å². The minimum absolute atomic E-state index is 0.0464. The molecule has 5 nitrogen and oxygen atoms in total. The first kappa shape index (κ1) is 16.2. The van der Waals surface area contributed by atoms with Crippen molar-refractivity contribution < 1.29 is 18.3 Å². The largest absolute Gasteiger partial charge is 0.480 e. The minimum Gasteiger partial charge on any atom is -0.480 e. The summed E-state index contributed by atoms with van der Waals surface area (Å²) in [4.78, 5) is 11.4. The number of hydrogen-bond donors (Lipinski definition) is 2. The highest BCUT2D eigenvalue weighted by Gasteiger charge is 2.25. The van der Waals surface area contributed by atoms with Crippen LogP contribution in [0.15, 0.2) is 59.5 Å². The van der Waals surface area contributed by atoms with Gasteiger partial charge in [0.05, 0.1) is 4.90 Å². The van der Waals surface area contributed by atoms with Gasteiger partial charge in [0.2, 0.25) is 10.0 Å². The molecule has 0 spiro atoms. The summed E-state index contributed by atoms with van der Waals surface area (Å²) in [7, 11) is -3.86. The second-order valence-corrected chi connectivity index (χ2v) is 6.73. The van der Waals surface area contributed by atoms with Crippen molar-refractivity contribution >= 4 is 16.0 Å². The summed E-state index contributed by atoms with van der Waals surface area (Å²) >= 11 is 0. The maximum atomic E-state index is 12.2. The lowest BCUT2D eigenvalue weighted by atomic mass is 10.1. The summed E-state index contributed by atoms with van der Waals surface area (Å²) in [6, 6.07) is 13.8. The Bertz CT molecular complexity index is 739. The molecule has 0 aliphatic heterocycles. The molecule has 0 saturated carbocycles. The van der Waals surface area contributed by atoms with E-state index in [0.717, 1.165) is 11.1 Å². The smallest absolute Gasteiger partial charge is 0.322 e. The van der Waals surface area contributed by atoms with E-state index in [9.17, 15) is 18.3 Å². The molecule has 0 heterocycles. The second-order valence-electron chi connectivity index (χ2n) is 5.01. The van der Waals surface area contributed by atoms with E-state index in [0.29, 0.717) is 0 Å². The number of hydrogen-bond acceptors (Lipinski definition) is 3. The Kier molecular flexibility index (Phi) is 4.95. The Morgan fingerprint density at radius 3 is 2.23 bits per heavy atom. The van der Waals surface area contributed by atoms with E-state index in [2.05, 4.69) is 4.72 Å². The average molecular weight is 319 g/mol. The van der Waals surface area contributed by atoms with E-state index >= 15 is 0 Å². The predicted molar refractivity (Wildman–Crippen MR) is 83.1 cm³/mol. The van der Waals surface area contributed by atoms with Gasteiger partial charge < -0.3 is 5.11 Å². The first-order valence-corrected chi connectivity index (χ1v) is 8.22. The molecule has 2 aromatic carbocycles. The molecule has 1 atom stereocenters. The Morgan fingerprint density at radius 1 is 1.09 bits per heavy atom. The van der Waals surface area contributed by atoms with Gasteiger partial charge >= 0.3 is 5.97 Å². The number of benzene rings is 2. The van der Waals surface area contributed by atoms with Gasteiger partial charge in [-0.3, -0.25) is 4.79 Å². The molecule has 0 bridgehead atoms. The number of nitrogens with one attached hydrogen (secondary N) is 1. The monoisotopic (exact) mass is 319 g/mol. The fourth-order valence-corrected chi connectivity index (χ4v) is 3.20. The third kappa shape index (κ3) is 4.16. The molecule has 0 fully saturated rings. The van der Waals surface area contributed by atoms with Crippen molar-refractivity contribution in [3.05, 3.63) is 65.7 Å². The fraction of sp³-hybridized carbons (Fsp3) is 0.188. The van der Waals surface area contributed by atoms with Crippen LogP contribution >= 0.6 is 0 Å². The molecule has 0 radical (unpaired) electrons. The number of aryl methyl sites for hydroxylation is 1. The van der Waals surface area contributed by atoms with Gasteiger partial charge in [-0.05, 0) is 31.0 Å². The highest BCUT2D eigenvalue weighted by atomic mass is 32.2. The van der Waals surface area contributed by atoms with Crippen LogP contribution in [0.2, 0.25) is 0 Å². The van der Waals surface area contributed by atoms with Gasteiger partial charge in [-0.1, -0.05) is 48.0 Å². The van der Waals surface area contributed by atoms with Gasteiger partial charge in [0, 0.05) is 0 Å². The van der Waals surface area contributed by atoms with E-state index in [1.54, 1.807) is 30.3 Å². The van der Waals surface area contributed by atoms with Gasteiger partial charge in [-0.15, -0.1) is 0 Å². The van der Waals surface area contributed by atoms with Crippen molar-refractivity contribution in [2.24, 2.45) is 0 Å². The summed E-state index contributed by atoms with van der Waals surface area (Å²) in [6.07, 6.45) is 0.0850. The first-order chi connectivity index (χ1) is 10.4. The average Bonchev–Trinajstić information content (AvgIpc) is 2.49. The molecule has 0 aromatic heterocycles. The van der Waals surface area contributed by atoms with Crippen LogP contribution in [0.5, 0.6) is 0 Å². The number of sulfonamides is 1. The Balaban J connectivity index is 2.19. The maximum Gasteiger partial charge on any atom is 0.322 e. The van der Waals surface area contributed by atoms with E-state index in [4.69, 9.17) is 0 Å². The lowest BCUT2D eigenvalue weighted by molar-refractivity contribution is -0.138. The van der Waals surface area contributed by atoms with Crippen LogP contribution in [-0.2, 0) is 21.2 Å². The number of carbonyl (C=O) groups is 1. The molecule has 116 valence electrons. The molecular formula is C16H17NO4S. The topological polar surface area (TPSA) is 83.5 Å². The molecule has 0 aliphatic rings. The second kappa shape index (κ2) is 6.72. The van der Waals surface area contributed by atoms with Gasteiger partial charge in [-0.25, -0.2) is 8.42 Å². The van der Waals surface area contributed by atoms with E-state index in [1.165, 1.54) is 12.1 Å². The molecular weight excluding hydrogens is 302 g/mol. The zero-order chi connectivity index (χ0) is 16.2. The maximum absolute atomic E-state index is 12.2. The van der Waals surface area contributed by atoms with Gasteiger partial charge in [-0.2, -0.15) is 4.72 Å². The summed E-state index contributed by atoms with van der Waals surface area (Å²) in [5, 5.41) is 9.27. The van der Waals surface area contributed by atoms with Crippen LogP contribution in [0.25, 0.3) is 0 Å². The predicted octanol–water partition coefficient (Wildman–Crippen LogP) is 1.97. The van der Waals surface area contributed by atoms with Gasteiger partial charge in [0.1, 0.15) is 6.04 Å². The minimum atomic E-state index is -3.86. The number of carboxylic acid groups (broad SMARTS) is 1. The summed E-state index contributed by atoms with van der Waals surface area (Å²) in [5.41, 5.74) is 1.81. The quantitative estimate of drug-likeness (QED) is 0.852. The molecule has 2 N–H and O–H groups in total. The standard InChI is InChI=1S/C16H17NO4S/c1-12-7-9-13(10-8-12)11-15(16(18)19)17-22(20,21)14-5-3-2-4-6-14/h2-10,15,17H,11H2,1H3,(H,18,19)/t15-/m0/s1. The normalized spacial score (nSPS) is 12.8. The third-order valence-electron chi connectivity index (χ3n) is 3.21. The Hall–Kier alpha value is -2.18. The molecule has 0 aliphatic carbocycles. The Morgan fingerprint density at radius 2 is 1.68 bits per heavy atom. The molecule has 2 rings (SSSR count). The third-order valence-corrected chi connectivity index (χ3v) is 4.70. The molecule has 6 heteroatoms. The summed E-state index contributed by atoms with van der Waals surface area (Å²) < 4.78 is 26.7. The fourth-order valence-electron chi connectivity index (χ4n) is 1.99. The highest BCUT2D eigenvalue weighted by molar-refractivity contribution is 7.89. The summed E-state index contributed by atoms with van der Waals surface area (Å²) in [6.45, 7) is 1.93. The van der Waals surface area contributed by atoms with Crippen molar-refractivity contribution in [1.29, 1.82) is 0 Å². The highest BCUT2D eigenvalue weighted by Crippen LogP contribution is 2.11. The van der Waals surface area contributed by atoms with Crippen LogP contribution in [0, 0.1) is 6.92 Å². The Labute approximate surface area is 129 Å².